The Bertz CT molecular complexity index is 518. The van der Waals surface area contributed by atoms with Crippen LogP contribution < -0.4 is 0 Å². The Morgan fingerprint density at radius 2 is 2.27 bits per heavy atom. The highest BCUT2D eigenvalue weighted by Crippen LogP contribution is 2.35. The molecule has 0 unspecified atom stereocenters. The van der Waals surface area contributed by atoms with Crippen LogP contribution in [0.5, 0.6) is 0 Å². The van der Waals surface area contributed by atoms with Crippen molar-refractivity contribution in [2.75, 3.05) is 0 Å². The summed E-state index contributed by atoms with van der Waals surface area (Å²) in [5, 5.41) is 13.5. The number of aryl methyl sites for hydroxylation is 1. The summed E-state index contributed by atoms with van der Waals surface area (Å²) in [7, 11) is 0. The quantitative estimate of drug-likeness (QED) is 0.921. The number of thiazole rings is 1. The number of carboxylic acids is 1. The van der Waals surface area contributed by atoms with Gasteiger partial charge < -0.3 is 5.11 Å². The number of nitrogens with zero attached hydrogens (tertiary/aromatic N) is 1. The van der Waals surface area contributed by atoms with Crippen molar-refractivity contribution in [1.29, 1.82) is 0 Å². The molecular formula is C9H6BrNO2S2. The molecule has 0 aliphatic carbocycles. The zero-order valence-electron chi connectivity index (χ0n) is 7.65. The Morgan fingerprint density at radius 3 is 2.73 bits per heavy atom. The van der Waals surface area contributed by atoms with Crippen molar-refractivity contribution in [2.45, 2.75) is 6.92 Å². The van der Waals surface area contributed by atoms with Crippen molar-refractivity contribution < 1.29 is 9.90 Å². The van der Waals surface area contributed by atoms with Crippen molar-refractivity contribution >= 4 is 44.6 Å². The van der Waals surface area contributed by atoms with Gasteiger partial charge in [0, 0.05) is 25.7 Å². The smallest absolute Gasteiger partial charge is 0.355 e. The van der Waals surface area contributed by atoms with Gasteiger partial charge in [-0.3, -0.25) is 0 Å². The molecule has 3 nitrogen and oxygen atoms in total. The van der Waals surface area contributed by atoms with E-state index in [9.17, 15) is 4.79 Å². The summed E-state index contributed by atoms with van der Waals surface area (Å²) in [5.41, 5.74) is 1.11. The zero-order chi connectivity index (χ0) is 11.0. The molecule has 0 amide bonds. The molecule has 2 rings (SSSR count). The van der Waals surface area contributed by atoms with E-state index in [0.717, 1.165) is 19.9 Å². The van der Waals surface area contributed by atoms with Gasteiger partial charge in [-0.05, 0) is 22.9 Å². The molecule has 0 spiro atoms. The van der Waals surface area contributed by atoms with E-state index in [1.54, 1.807) is 18.3 Å². The van der Waals surface area contributed by atoms with Gasteiger partial charge in [0.05, 0.1) is 0 Å². The molecule has 0 atom stereocenters. The van der Waals surface area contributed by atoms with Gasteiger partial charge in [0.25, 0.3) is 0 Å². The Labute approximate surface area is 103 Å². The first-order valence-corrected chi connectivity index (χ1v) is 6.57. The third-order valence-electron chi connectivity index (χ3n) is 1.84. The lowest BCUT2D eigenvalue weighted by Gasteiger charge is -1.90. The SMILES string of the molecule is Cc1sc(-c2cscc2Br)nc1C(=O)O. The molecule has 0 aliphatic rings. The molecule has 0 aliphatic heterocycles. The van der Waals surface area contributed by atoms with Crippen LogP contribution in [0.1, 0.15) is 15.4 Å². The van der Waals surface area contributed by atoms with E-state index < -0.39 is 5.97 Å². The second-order valence-corrected chi connectivity index (χ2v) is 5.66. The van der Waals surface area contributed by atoms with Gasteiger partial charge in [-0.25, -0.2) is 9.78 Å². The minimum Gasteiger partial charge on any atom is -0.476 e. The predicted molar refractivity (Wildman–Crippen MR) is 64.8 cm³/mol. The lowest BCUT2D eigenvalue weighted by molar-refractivity contribution is 0.0690. The topological polar surface area (TPSA) is 50.2 Å². The number of hydrogen-bond acceptors (Lipinski definition) is 4. The van der Waals surface area contributed by atoms with Crippen LogP contribution in [0.4, 0.5) is 0 Å². The molecule has 2 aromatic rings. The number of halogens is 1. The van der Waals surface area contributed by atoms with Gasteiger partial charge in [-0.1, -0.05) is 0 Å². The molecule has 15 heavy (non-hydrogen) atoms. The number of aromatic carboxylic acids is 1. The molecule has 0 radical (unpaired) electrons. The Morgan fingerprint density at radius 1 is 1.53 bits per heavy atom. The highest BCUT2D eigenvalue weighted by molar-refractivity contribution is 9.10. The second-order valence-electron chi connectivity index (χ2n) is 2.86. The van der Waals surface area contributed by atoms with Crippen LogP contribution in [0.25, 0.3) is 10.6 Å². The van der Waals surface area contributed by atoms with Crippen molar-refractivity contribution in [3.8, 4) is 10.6 Å². The summed E-state index contributed by atoms with van der Waals surface area (Å²) in [5.74, 6) is -0.971. The first-order valence-electron chi connectivity index (χ1n) is 4.02. The van der Waals surface area contributed by atoms with Crippen LogP contribution in [0.15, 0.2) is 15.2 Å². The van der Waals surface area contributed by atoms with E-state index in [4.69, 9.17) is 5.11 Å². The number of carbonyl (C=O) groups is 1. The van der Waals surface area contributed by atoms with Crippen molar-refractivity contribution in [3.05, 3.63) is 25.8 Å². The fraction of sp³-hybridized carbons (Fsp3) is 0.111. The second kappa shape index (κ2) is 4.03. The van der Waals surface area contributed by atoms with E-state index in [-0.39, 0.29) is 5.69 Å². The molecule has 1 N–H and O–H groups in total. The number of thiophene rings is 1. The zero-order valence-corrected chi connectivity index (χ0v) is 10.9. The first-order chi connectivity index (χ1) is 7.09. The van der Waals surface area contributed by atoms with Crippen LogP contribution >= 0.6 is 38.6 Å². The van der Waals surface area contributed by atoms with E-state index in [1.807, 2.05) is 10.8 Å². The summed E-state index contributed by atoms with van der Waals surface area (Å²) in [4.78, 5) is 15.7. The fourth-order valence-electron chi connectivity index (χ4n) is 1.14. The van der Waals surface area contributed by atoms with Crippen molar-refractivity contribution in [3.63, 3.8) is 0 Å². The summed E-state index contributed by atoms with van der Waals surface area (Å²) in [6.45, 7) is 1.77. The summed E-state index contributed by atoms with van der Waals surface area (Å²) < 4.78 is 0.957. The molecule has 0 saturated heterocycles. The summed E-state index contributed by atoms with van der Waals surface area (Å²) in [6, 6.07) is 0. The third-order valence-corrected chi connectivity index (χ3v) is 4.55. The molecule has 0 fully saturated rings. The fourth-order valence-corrected chi connectivity index (χ4v) is 3.75. The number of hydrogen-bond donors (Lipinski definition) is 1. The predicted octanol–water partition coefficient (Wildman–Crippen LogP) is 3.64. The van der Waals surface area contributed by atoms with E-state index in [2.05, 4.69) is 20.9 Å². The Hall–Kier alpha value is -0.720. The summed E-state index contributed by atoms with van der Waals surface area (Å²) >= 11 is 6.36. The van der Waals surface area contributed by atoms with Crippen molar-refractivity contribution in [1.82, 2.24) is 4.98 Å². The maximum atomic E-state index is 10.8. The average Bonchev–Trinajstić information content (AvgIpc) is 2.71. The molecule has 0 saturated carbocycles. The van der Waals surface area contributed by atoms with Crippen LogP contribution in [0, 0.1) is 6.92 Å². The number of aromatic nitrogens is 1. The van der Waals surface area contributed by atoms with Crippen molar-refractivity contribution in [2.24, 2.45) is 0 Å². The molecule has 78 valence electrons. The molecule has 0 aromatic carbocycles. The third kappa shape index (κ3) is 1.97. The van der Waals surface area contributed by atoms with Crippen LogP contribution in [0.2, 0.25) is 0 Å². The van der Waals surface area contributed by atoms with Gasteiger partial charge in [0.15, 0.2) is 5.69 Å². The highest BCUT2D eigenvalue weighted by atomic mass is 79.9. The maximum absolute atomic E-state index is 10.8. The lowest BCUT2D eigenvalue weighted by Crippen LogP contribution is -1.98. The van der Waals surface area contributed by atoms with Gasteiger partial charge in [0.2, 0.25) is 0 Å². The van der Waals surface area contributed by atoms with Gasteiger partial charge in [0.1, 0.15) is 5.01 Å². The number of rotatable bonds is 2. The molecule has 6 heteroatoms. The molecular weight excluding hydrogens is 298 g/mol. The maximum Gasteiger partial charge on any atom is 0.355 e. The first kappa shape index (κ1) is 10.8. The standard InChI is InChI=1S/C9H6BrNO2S2/c1-4-7(9(12)13)11-8(15-4)5-2-14-3-6(5)10/h2-3H,1H3,(H,12,13). The van der Waals surface area contributed by atoms with Gasteiger partial charge in [-0.2, -0.15) is 11.3 Å². The molecule has 0 bridgehead atoms. The van der Waals surface area contributed by atoms with E-state index in [0.29, 0.717) is 0 Å². The van der Waals surface area contributed by atoms with Gasteiger partial charge >= 0.3 is 5.97 Å². The summed E-state index contributed by atoms with van der Waals surface area (Å²) in [6.07, 6.45) is 0. The lowest BCUT2D eigenvalue weighted by atomic mass is 10.3. The Kier molecular flexibility index (Phi) is 2.90. The minimum absolute atomic E-state index is 0.146. The largest absolute Gasteiger partial charge is 0.476 e. The Balaban J connectivity index is 2.52. The molecule has 2 heterocycles. The monoisotopic (exact) mass is 303 g/mol. The average molecular weight is 304 g/mol. The normalized spacial score (nSPS) is 10.5. The van der Waals surface area contributed by atoms with E-state index in [1.165, 1.54) is 11.3 Å². The van der Waals surface area contributed by atoms with E-state index >= 15 is 0 Å². The van der Waals surface area contributed by atoms with Crippen LogP contribution in [-0.4, -0.2) is 16.1 Å². The molecule has 2 aromatic heterocycles. The van der Waals surface area contributed by atoms with Crippen LogP contribution in [0.3, 0.4) is 0 Å². The van der Waals surface area contributed by atoms with Crippen LogP contribution in [-0.2, 0) is 0 Å². The number of carboxylic acid groups (broad SMARTS) is 1. The van der Waals surface area contributed by atoms with Gasteiger partial charge in [-0.15, -0.1) is 11.3 Å². The highest BCUT2D eigenvalue weighted by Gasteiger charge is 2.16. The minimum atomic E-state index is -0.971.